The van der Waals surface area contributed by atoms with Gasteiger partial charge in [0.15, 0.2) is 0 Å². The third-order valence-electron chi connectivity index (χ3n) is 5.41. The van der Waals surface area contributed by atoms with E-state index >= 15 is 0 Å². The Morgan fingerprint density at radius 2 is 0.556 bits per heavy atom. The summed E-state index contributed by atoms with van der Waals surface area (Å²) in [5.74, 6) is 0. The fraction of sp³-hybridized carbons (Fsp3) is 1.00. The monoisotopic (exact) mass is 524 g/mol. The Hall–Kier alpha value is 1.50. The van der Waals surface area contributed by atoms with Gasteiger partial charge in [-0.15, -0.1) is 0 Å². The Morgan fingerprint density at radius 1 is 0.333 bits per heavy atom. The van der Waals surface area contributed by atoms with E-state index in [1.54, 1.807) is 21.7 Å². The topological polar surface area (TPSA) is 0 Å². The van der Waals surface area contributed by atoms with E-state index in [2.05, 4.69) is 13.8 Å². The van der Waals surface area contributed by atoms with Gasteiger partial charge >= 0.3 is 172 Å². The molecule has 0 aromatic carbocycles. The zero-order chi connectivity index (χ0) is 18.3. The molecule has 0 aromatic heterocycles. The molecule has 0 aliphatic rings. The van der Waals surface area contributed by atoms with Gasteiger partial charge in [0.2, 0.25) is 0 Å². The Labute approximate surface area is 198 Å². The Balaban J connectivity index is -0.00000288. The summed E-state index contributed by atoms with van der Waals surface area (Å²) in [7, 11) is 0. The van der Waals surface area contributed by atoms with Crippen molar-refractivity contribution in [3.63, 3.8) is 0 Å². The average Bonchev–Trinajstić information content (AvgIpc) is 2.63. The average molecular weight is 524 g/mol. The van der Waals surface area contributed by atoms with Gasteiger partial charge in [0.25, 0.3) is 0 Å². The molecule has 0 saturated carbocycles. The molecule has 0 spiro atoms. The SMILES string of the molecule is CCCCCCCCCCC[CH2][Sn+2][CH2]CCCCCCCCCCC.[SH-].[SH-]. The van der Waals surface area contributed by atoms with Crippen LogP contribution in [0.3, 0.4) is 0 Å². The predicted octanol–water partition coefficient (Wildman–Crippen LogP) is 8.83. The van der Waals surface area contributed by atoms with Crippen molar-refractivity contribution >= 4 is 48.1 Å². The number of hydrogen-bond donors (Lipinski definition) is 0. The molecule has 3 heteroatoms. The van der Waals surface area contributed by atoms with E-state index in [4.69, 9.17) is 0 Å². The van der Waals surface area contributed by atoms with Gasteiger partial charge in [-0.05, 0) is 0 Å². The van der Waals surface area contributed by atoms with Gasteiger partial charge < -0.3 is 27.0 Å². The second-order valence-electron chi connectivity index (χ2n) is 8.11. The summed E-state index contributed by atoms with van der Waals surface area (Å²) in [6.07, 6.45) is 29.8. The first-order chi connectivity index (χ1) is 12.4. The molecule has 0 atom stereocenters. The first kappa shape index (κ1) is 33.1. The predicted molar refractivity (Wildman–Crippen MR) is 137 cm³/mol. The standard InChI is InChI=1S/2C12H25.2H2S.Sn/c2*1-3-5-7-9-11-12-10-8-6-4-2;;;/h2*1,3-12H2,2H3;2*1H2;/q;;;;+2/p-2. The molecule has 0 radical (unpaired) electrons. The zero-order valence-electron chi connectivity index (χ0n) is 19.0. The van der Waals surface area contributed by atoms with E-state index in [0.29, 0.717) is 0 Å². The molecule has 0 heterocycles. The number of hydrogen-bond acceptors (Lipinski definition) is 2. The summed E-state index contributed by atoms with van der Waals surface area (Å²) in [6.45, 7) is 4.61. The van der Waals surface area contributed by atoms with Crippen LogP contribution in [-0.2, 0) is 27.0 Å². The van der Waals surface area contributed by atoms with E-state index < -0.39 is 0 Å². The molecule has 0 nitrogen and oxygen atoms in total. The second kappa shape index (κ2) is 32.2. The molecule has 0 saturated heterocycles. The van der Waals surface area contributed by atoms with Gasteiger partial charge in [-0.3, -0.25) is 0 Å². The fourth-order valence-corrected chi connectivity index (χ4v) is 7.17. The van der Waals surface area contributed by atoms with Gasteiger partial charge in [-0.2, -0.15) is 0 Å². The van der Waals surface area contributed by atoms with Crippen molar-refractivity contribution in [3.05, 3.63) is 0 Å². The van der Waals surface area contributed by atoms with Crippen molar-refractivity contribution in [2.75, 3.05) is 0 Å². The third kappa shape index (κ3) is 32.4. The van der Waals surface area contributed by atoms with Crippen LogP contribution in [0.25, 0.3) is 0 Å². The third-order valence-corrected chi connectivity index (χ3v) is 9.45. The first-order valence-electron chi connectivity index (χ1n) is 12.1. The zero-order valence-corrected chi connectivity index (χ0v) is 23.6. The van der Waals surface area contributed by atoms with E-state index in [0.717, 1.165) is 0 Å². The molecule has 0 fully saturated rings. The maximum absolute atomic E-state index is 2.31. The molecular weight excluding hydrogens is 471 g/mol. The van der Waals surface area contributed by atoms with Crippen molar-refractivity contribution in [1.29, 1.82) is 0 Å². The number of unbranched alkanes of at least 4 members (excludes halogenated alkanes) is 18. The van der Waals surface area contributed by atoms with Crippen molar-refractivity contribution in [3.8, 4) is 0 Å². The van der Waals surface area contributed by atoms with Gasteiger partial charge in [0.05, 0.1) is 0 Å². The van der Waals surface area contributed by atoms with Crippen LogP contribution in [0.15, 0.2) is 0 Å². The molecule has 0 aliphatic heterocycles. The van der Waals surface area contributed by atoms with E-state index in [9.17, 15) is 0 Å². The normalized spacial score (nSPS) is 10.1. The van der Waals surface area contributed by atoms with Crippen molar-refractivity contribution in [1.82, 2.24) is 0 Å². The smallest absolute Gasteiger partial charge is 0.813 e. The van der Waals surface area contributed by atoms with Crippen LogP contribution in [0.4, 0.5) is 0 Å². The van der Waals surface area contributed by atoms with Crippen LogP contribution < -0.4 is 0 Å². The quantitative estimate of drug-likeness (QED) is 0.0602. The van der Waals surface area contributed by atoms with Crippen LogP contribution in [0.2, 0.25) is 8.87 Å². The minimum absolute atomic E-state index is 0. The minimum Gasteiger partial charge on any atom is -0.813 e. The summed E-state index contributed by atoms with van der Waals surface area (Å²) in [5, 5.41) is 0. The molecule has 0 amide bonds. The Morgan fingerprint density at radius 3 is 0.815 bits per heavy atom. The summed E-state index contributed by atoms with van der Waals surface area (Å²) < 4.78 is 3.33. The fourth-order valence-electron chi connectivity index (χ4n) is 3.60. The van der Waals surface area contributed by atoms with Crippen molar-refractivity contribution < 1.29 is 0 Å². The van der Waals surface area contributed by atoms with Gasteiger partial charge in [0.1, 0.15) is 0 Å². The maximum atomic E-state index is 2.31. The summed E-state index contributed by atoms with van der Waals surface area (Å²) in [6, 6.07) is 0. The Bertz CT molecular complexity index is 202. The molecular formula is C24H52S2Sn. The van der Waals surface area contributed by atoms with Gasteiger partial charge in [0, 0.05) is 0 Å². The number of thiol groups is 2. The molecule has 164 valence electrons. The molecule has 0 bridgehead atoms. The molecule has 0 aromatic rings. The summed E-state index contributed by atoms with van der Waals surface area (Å²) in [5.41, 5.74) is 0. The van der Waals surface area contributed by atoms with Crippen molar-refractivity contribution in [2.45, 2.75) is 151 Å². The van der Waals surface area contributed by atoms with E-state index in [1.165, 1.54) is 116 Å². The van der Waals surface area contributed by atoms with Gasteiger partial charge in [-0.25, -0.2) is 0 Å². The number of rotatable bonds is 22. The summed E-state index contributed by atoms with van der Waals surface area (Å²) >= 11 is 0.0377. The molecule has 0 rings (SSSR count). The molecule has 0 unspecified atom stereocenters. The van der Waals surface area contributed by atoms with Crippen molar-refractivity contribution in [2.24, 2.45) is 0 Å². The Kier molecular flexibility index (Phi) is 39.5. The van der Waals surface area contributed by atoms with Crippen LogP contribution >= 0.6 is 0 Å². The van der Waals surface area contributed by atoms with Crippen LogP contribution in [0.5, 0.6) is 0 Å². The second-order valence-corrected chi connectivity index (χ2v) is 12.4. The van der Waals surface area contributed by atoms with Gasteiger partial charge in [-0.1, -0.05) is 0 Å². The van der Waals surface area contributed by atoms with Crippen LogP contribution in [-0.4, -0.2) is 21.1 Å². The summed E-state index contributed by atoms with van der Waals surface area (Å²) in [4.78, 5) is 0. The molecule has 27 heavy (non-hydrogen) atoms. The first-order valence-corrected chi connectivity index (χ1v) is 16.2. The van der Waals surface area contributed by atoms with E-state index in [-0.39, 0.29) is 48.1 Å². The molecule has 0 aliphatic carbocycles. The van der Waals surface area contributed by atoms with Crippen LogP contribution in [0.1, 0.15) is 142 Å². The minimum atomic E-state index is 0. The van der Waals surface area contributed by atoms with Crippen LogP contribution in [0, 0.1) is 0 Å². The van der Waals surface area contributed by atoms with E-state index in [1.807, 2.05) is 0 Å². The molecule has 0 N–H and O–H groups in total.